The molecule has 0 fully saturated rings. The lowest BCUT2D eigenvalue weighted by Gasteiger charge is -2.14. The Labute approximate surface area is 106 Å². The normalized spacial score (nSPS) is 12.7. The third-order valence-corrected chi connectivity index (χ3v) is 2.56. The van der Waals surface area contributed by atoms with Gasteiger partial charge in [0.25, 0.3) is 0 Å². The van der Waals surface area contributed by atoms with Crippen LogP contribution in [0.4, 0.5) is 0 Å². The first-order chi connectivity index (χ1) is 8.58. The molecule has 0 bridgehead atoms. The van der Waals surface area contributed by atoms with Crippen LogP contribution in [0, 0.1) is 0 Å². The van der Waals surface area contributed by atoms with Gasteiger partial charge in [0.1, 0.15) is 11.9 Å². The van der Waals surface area contributed by atoms with Crippen LogP contribution < -0.4 is 4.74 Å². The number of hydrogen-bond donors (Lipinski definition) is 1. The Balaban J connectivity index is 2.25. The second-order valence-electron chi connectivity index (χ2n) is 4.45. The fraction of sp³-hybridized carbons (Fsp3) is 0.385. The lowest BCUT2D eigenvalue weighted by Crippen LogP contribution is -2.08. The molecule has 18 heavy (non-hydrogen) atoms. The molecule has 0 radical (unpaired) electrons. The van der Waals surface area contributed by atoms with Gasteiger partial charge in [0.15, 0.2) is 0 Å². The van der Waals surface area contributed by atoms with E-state index in [4.69, 9.17) is 4.74 Å². The van der Waals surface area contributed by atoms with Crippen LogP contribution in [0.25, 0.3) is 0 Å². The van der Waals surface area contributed by atoms with Gasteiger partial charge in [-0.1, -0.05) is 0 Å². The van der Waals surface area contributed by atoms with E-state index in [1.165, 1.54) is 0 Å². The number of imidazole rings is 1. The molecule has 2 aromatic rings. The maximum atomic E-state index is 10.3. The first-order valence-corrected chi connectivity index (χ1v) is 5.84. The molecular formula is C13H17N3O2. The first-order valence-electron chi connectivity index (χ1n) is 5.84. The van der Waals surface area contributed by atoms with Crippen molar-refractivity contribution in [2.75, 3.05) is 0 Å². The molecule has 0 aliphatic heterocycles. The van der Waals surface area contributed by atoms with E-state index in [1.54, 1.807) is 35.6 Å². The van der Waals surface area contributed by atoms with Crippen molar-refractivity contribution in [3.05, 3.63) is 42.2 Å². The topological polar surface area (TPSA) is 60.2 Å². The van der Waals surface area contributed by atoms with Gasteiger partial charge in [-0.25, -0.2) is 4.98 Å². The highest BCUT2D eigenvalue weighted by molar-refractivity contribution is 5.29. The minimum absolute atomic E-state index is 0.0795. The number of pyridine rings is 1. The Morgan fingerprint density at radius 3 is 2.61 bits per heavy atom. The molecule has 0 saturated carbocycles. The number of aliphatic hydroxyl groups excluding tert-OH is 1. The van der Waals surface area contributed by atoms with Crippen molar-refractivity contribution in [2.24, 2.45) is 7.05 Å². The van der Waals surface area contributed by atoms with E-state index in [0.29, 0.717) is 11.3 Å². The molecule has 0 spiro atoms. The molecule has 0 amide bonds. The van der Waals surface area contributed by atoms with Gasteiger partial charge in [-0.3, -0.25) is 4.98 Å². The van der Waals surface area contributed by atoms with Gasteiger partial charge < -0.3 is 14.4 Å². The van der Waals surface area contributed by atoms with Crippen LogP contribution in [0.1, 0.15) is 31.2 Å². The van der Waals surface area contributed by atoms with Crippen LogP contribution in [0.15, 0.2) is 31.0 Å². The molecule has 5 heteroatoms. The van der Waals surface area contributed by atoms with Crippen molar-refractivity contribution in [3.8, 4) is 5.75 Å². The highest BCUT2D eigenvalue weighted by atomic mass is 16.5. The highest BCUT2D eigenvalue weighted by Gasteiger charge is 2.15. The largest absolute Gasteiger partial charge is 0.489 e. The highest BCUT2D eigenvalue weighted by Crippen LogP contribution is 2.23. The number of hydrogen-bond acceptors (Lipinski definition) is 4. The summed E-state index contributed by atoms with van der Waals surface area (Å²) >= 11 is 0. The molecular weight excluding hydrogens is 230 g/mol. The first kappa shape index (κ1) is 12.6. The lowest BCUT2D eigenvalue weighted by molar-refractivity contribution is 0.208. The maximum Gasteiger partial charge on any atom is 0.138 e. The van der Waals surface area contributed by atoms with E-state index in [-0.39, 0.29) is 6.10 Å². The van der Waals surface area contributed by atoms with Crippen LogP contribution in [0.2, 0.25) is 0 Å². The third-order valence-electron chi connectivity index (χ3n) is 2.56. The molecule has 0 aliphatic rings. The Hall–Kier alpha value is -1.88. The van der Waals surface area contributed by atoms with E-state index < -0.39 is 6.10 Å². The quantitative estimate of drug-likeness (QED) is 0.893. The zero-order valence-electron chi connectivity index (χ0n) is 10.7. The Morgan fingerprint density at radius 1 is 1.22 bits per heavy atom. The summed E-state index contributed by atoms with van der Waals surface area (Å²) in [6.07, 6.45) is 5.89. The summed E-state index contributed by atoms with van der Waals surface area (Å²) in [6, 6.07) is 1.80. The van der Waals surface area contributed by atoms with E-state index in [2.05, 4.69) is 9.97 Å². The van der Waals surface area contributed by atoms with E-state index >= 15 is 0 Å². The molecule has 1 atom stereocenters. The molecule has 2 heterocycles. The third kappa shape index (κ3) is 2.68. The van der Waals surface area contributed by atoms with E-state index in [9.17, 15) is 5.11 Å². The summed E-state index contributed by atoms with van der Waals surface area (Å²) < 4.78 is 7.33. The van der Waals surface area contributed by atoms with Gasteiger partial charge in [-0.2, -0.15) is 0 Å². The average Bonchev–Trinajstić information content (AvgIpc) is 2.74. The van der Waals surface area contributed by atoms with Gasteiger partial charge >= 0.3 is 0 Å². The minimum Gasteiger partial charge on any atom is -0.489 e. The SMILES string of the molecule is CC(C)Oc1cncc(C(O)c2cncn2C)c1. The molecule has 1 N–H and O–H groups in total. The lowest BCUT2D eigenvalue weighted by atomic mass is 10.1. The maximum absolute atomic E-state index is 10.3. The molecule has 96 valence electrons. The van der Waals surface area contributed by atoms with Gasteiger partial charge in [0.05, 0.1) is 30.5 Å². The number of nitrogens with zero attached hydrogens (tertiary/aromatic N) is 3. The fourth-order valence-electron chi connectivity index (χ4n) is 1.72. The predicted octanol–water partition coefficient (Wildman–Crippen LogP) is 1.68. The summed E-state index contributed by atoms with van der Waals surface area (Å²) in [5, 5.41) is 10.3. The van der Waals surface area contributed by atoms with Crippen LogP contribution >= 0.6 is 0 Å². The number of ether oxygens (including phenoxy) is 1. The van der Waals surface area contributed by atoms with Crippen LogP contribution in [-0.2, 0) is 7.05 Å². The van der Waals surface area contributed by atoms with Crippen molar-refractivity contribution >= 4 is 0 Å². The summed E-state index contributed by atoms with van der Waals surface area (Å²) in [7, 11) is 1.84. The number of rotatable bonds is 4. The van der Waals surface area contributed by atoms with Gasteiger partial charge in [0, 0.05) is 18.8 Å². The van der Waals surface area contributed by atoms with E-state index in [1.807, 2.05) is 20.9 Å². The molecule has 0 aromatic carbocycles. The summed E-state index contributed by atoms with van der Waals surface area (Å²) in [5.41, 5.74) is 1.41. The summed E-state index contributed by atoms with van der Waals surface area (Å²) in [6.45, 7) is 3.90. The van der Waals surface area contributed by atoms with Crippen LogP contribution in [0.3, 0.4) is 0 Å². The monoisotopic (exact) mass is 247 g/mol. The summed E-state index contributed by atoms with van der Waals surface area (Å²) in [4.78, 5) is 8.07. The zero-order chi connectivity index (χ0) is 13.1. The van der Waals surface area contributed by atoms with Crippen molar-refractivity contribution in [1.29, 1.82) is 0 Å². The minimum atomic E-state index is -0.749. The van der Waals surface area contributed by atoms with Gasteiger partial charge in [0.2, 0.25) is 0 Å². The molecule has 0 aliphatic carbocycles. The average molecular weight is 247 g/mol. The van der Waals surface area contributed by atoms with Gasteiger partial charge in [-0.15, -0.1) is 0 Å². The Kier molecular flexibility index (Phi) is 3.62. The second-order valence-corrected chi connectivity index (χ2v) is 4.45. The van der Waals surface area contributed by atoms with Crippen molar-refractivity contribution in [3.63, 3.8) is 0 Å². The van der Waals surface area contributed by atoms with Crippen molar-refractivity contribution in [1.82, 2.24) is 14.5 Å². The Morgan fingerprint density at radius 2 is 2.00 bits per heavy atom. The van der Waals surface area contributed by atoms with Gasteiger partial charge in [-0.05, 0) is 19.9 Å². The second kappa shape index (κ2) is 5.18. The molecule has 1 unspecified atom stereocenters. The molecule has 0 saturated heterocycles. The molecule has 2 aromatic heterocycles. The smallest absolute Gasteiger partial charge is 0.138 e. The standard InChI is InChI=1S/C13H17N3O2/c1-9(2)18-11-4-10(5-14-6-11)13(17)12-7-15-8-16(12)3/h4-9,13,17H,1-3H3. The fourth-order valence-corrected chi connectivity index (χ4v) is 1.72. The van der Waals surface area contributed by atoms with Crippen molar-refractivity contribution in [2.45, 2.75) is 26.1 Å². The number of aromatic nitrogens is 3. The number of aryl methyl sites for hydroxylation is 1. The number of aliphatic hydroxyl groups is 1. The molecule has 2 rings (SSSR count). The van der Waals surface area contributed by atoms with Crippen molar-refractivity contribution < 1.29 is 9.84 Å². The van der Waals surface area contributed by atoms with Crippen LogP contribution in [-0.4, -0.2) is 25.7 Å². The summed E-state index contributed by atoms with van der Waals surface area (Å²) in [5.74, 6) is 0.656. The van der Waals surface area contributed by atoms with Crippen LogP contribution in [0.5, 0.6) is 5.75 Å². The predicted molar refractivity (Wildman–Crippen MR) is 67.3 cm³/mol. The molecule has 5 nitrogen and oxygen atoms in total. The van der Waals surface area contributed by atoms with E-state index in [0.717, 1.165) is 5.69 Å². The zero-order valence-corrected chi connectivity index (χ0v) is 10.7. The Bertz CT molecular complexity index is 522.